The highest BCUT2D eigenvalue weighted by molar-refractivity contribution is 5.75. The Kier molecular flexibility index (Phi) is 2.66. The van der Waals surface area contributed by atoms with E-state index in [2.05, 4.69) is 9.55 Å². The standard InChI is InChI=1S/C13H15N3O2/c1-18-13(17)15-8-4-7-12(15)16-9-14-10-5-2-3-6-11(10)16/h2-3,5-6,9,12H,4,7-8H2,1H3/t12-/m1/s1. The SMILES string of the molecule is COC(=O)N1CCC[C@H]1n1cnc2ccccc21. The summed E-state index contributed by atoms with van der Waals surface area (Å²) in [6, 6.07) is 7.95. The average Bonchev–Trinajstić information content (AvgIpc) is 3.03. The Morgan fingerprint density at radius 1 is 1.44 bits per heavy atom. The number of hydrogen-bond acceptors (Lipinski definition) is 3. The molecule has 18 heavy (non-hydrogen) atoms. The topological polar surface area (TPSA) is 47.4 Å². The van der Waals surface area contributed by atoms with Crippen LogP contribution in [0.25, 0.3) is 11.0 Å². The van der Waals surface area contributed by atoms with E-state index in [1.54, 1.807) is 11.2 Å². The number of nitrogens with zero attached hydrogens (tertiary/aromatic N) is 3. The van der Waals surface area contributed by atoms with Crippen LogP contribution in [0, 0.1) is 0 Å². The first-order valence-corrected chi connectivity index (χ1v) is 6.07. The van der Waals surface area contributed by atoms with E-state index in [1.807, 2.05) is 24.3 Å². The molecule has 94 valence electrons. The van der Waals surface area contributed by atoms with Crippen LogP contribution in [-0.2, 0) is 4.74 Å². The van der Waals surface area contributed by atoms with E-state index in [-0.39, 0.29) is 12.3 Å². The Labute approximate surface area is 105 Å². The minimum atomic E-state index is -0.268. The predicted molar refractivity (Wildman–Crippen MR) is 67.1 cm³/mol. The quantitative estimate of drug-likeness (QED) is 0.775. The molecule has 0 aliphatic carbocycles. The van der Waals surface area contributed by atoms with Crippen LogP contribution < -0.4 is 0 Å². The highest BCUT2D eigenvalue weighted by Crippen LogP contribution is 2.30. The van der Waals surface area contributed by atoms with Gasteiger partial charge < -0.3 is 9.30 Å². The first-order chi connectivity index (χ1) is 8.81. The van der Waals surface area contributed by atoms with Crippen molar-refractivity contribution in [1.82, 2.24) is 14.5 Å². The van der Waals surface area contributed by atoms with Crippen molar-refractivity contribution in [1.29, 1.82) is 0 Å². The summed E-state index contributed by atoms with van der Waals surface area (Å²) in [6.45, 7) is 0.740. The van der Waals surface area contributed by atoms with Gasteiger partial charge in [-0.2, -0.15) is 0 Å². The van der Waals surface area contributed by atoms with Crippen LogP contribution in [0.5, 0.6) is 0 Å². The number of imidazole rings is 1. The fourth-order valence-corrected chi connectivity index (χ4v) is 2.58. The van der Waals surface area contributed by atoms with E-state index in [1.165, 1.54) is 7.11 Å². The van der Waals surface area contributed by atoms with Crippen LogP contribution in [-0.4, -0.2) is 34.2 Å². The van der Waals surface area contributed by atoms with Crippen molar-refractivity contribution in [3.05, 3.63) is 30.6 Å². The molecule has 0 spiro atoms. The molecule has 2 aromatic rings. The molecule has 1 fully saturated rings. The molecule has 1 aromatic carbocycles. The number of likely N-dealkylation sites (tertiary alicyclic amines) is 1. The van der Waals surface area contributed by atoms with Crippen molar-refractivity contribution in [2.75, 3.05) is 13.7 Å². The Balaban J connectivity index is 2.01. The molecule has 0 radical (unpaired) electrons. The van der Waals surface area contributed by atoms with Gasteiger partial charge in [-0.15, -0.1) is 0 Å². The zero-order chi connectivity index (χ0) is 12.5. The molecule has 1 aromatic heterocycles. The smallest absolute Gasteiger partial charge is 0.411 e. The number of methoxy groups -OCH3 is 1. The molecule has 0 N–H and O–H groups in total. The number of ether oxygens (including phenoxy) is 1. The molecular formula is C13H15N3O2. The van der Waals surface area contributed by atoms with Gasteiger partial charge in [0.1, 0.15) is 6.17 Å². The van der Waals surface area contributed by atoms with Crippen LogP contribution in [0.15, 0.2) is 30.6 Å². The molecule has 0 saturated carbocycles. The molecule has 1 saturated heterocycles. The molecule has 2 heterocycles. The number of amides is 1. The van der Waals surface area contributed by atoms with Crippen molar-refractivity contribution in [2.24, 2.45) is 0 Å². The van der Waals surface area contributed by atoms with Crippen LogP contribution in [0.1, 0.15) is 19.0 Å². The van der Waals surface area contributed by atoms with E-state index < -0.39 is 0 Å². The van der Waals surface area contributed by atoms with Gasteiger partial charge >= 0.3 is 6.09 Å². The van der Waals surface area contributed by atoms with E-state index in [9.17, 15) is 4.79 Å². The number of hydrogen-bond donors (Lipinski definition) is 0. The lowest BCUT2D eigenvalue weighted by Crippen LogP contribution is -2.33. The number of rotatable bonds is 1. The lowest BCUT2D eigenvalue weighted by atomic mass is 10.3. The molecule has 0 bridgehead atoms. The van der Waals surface area contributed by atoms with Crippen molar-refractivity contribution in [2.45, 2.75) is 19.0 Å². The maximum atomic E-state index is 11.7. The molecular weight excluding hydrogens is 230 g/mol. The lowest BCUT2D eigenvalue weighted by molar-refractivity contribution is 0.106. The number of carbonyl (C=O) groups is 1. The van der Waals surface area contributed by atoms with E-state index in [4.69, 9.17) is 4.74 Å². The zero-order valence-electron chi connectivity index (χ0n) is 10.2. The van der Waals surface area contributed by atoms with Crippen molar-refractivity contribution < 1.29 is 9.53 Å². The Morgan fingerprint density at radius 2 is 2.28 bits per heavy atom. The summed E-state index contributed by atoms with van der Waals surface area (Å²) in [6.07, 6.45) is 3.48. The van der Waals surface area contributed by atoms with Gasteiger partial charge in [0.05, 0.1) is 24.5 Å². The van der Waals surface area contributed by atoms with E-state index in [0.29, 0.717) is 0 Å². The molecule has 1 aliphatic rings. The summed E-state index contributed by atoms with van der Waals surface area (Å²) in [5, 5.41) is 0. The molecule has 3 rings (SSSR count). The molecule has 5 nitrogen and oxygen atoms in total. The fraction of sp³-hybridized carbons (Fsp3) is 0.385. The summed E-state index contributed by atoms with van der Waals surface area (Å²) >= 11 is 0. The van der Waals surface area contributed by atoms with Crippen LogP contribution in [0.4, 0.5) is 4.79 Å². The van der Waals surface area contributed by atoms with Crippen molar-refractivity contribution >= 4 is 17.1 Å². The van der Waals surface area contributed by atoms with E-state index >= 15 is 0 Å². The Hall–Kier alpha value is -2.04. The molecule has 1 aliphatic heterocycles. The summed E-state index contributed by atoms with van der Waals surface area (Å²) < 4.78 is 6.88. The minimum absolute atomic E-state index is 0.0184. The number of benzene rings is 1. The van der Waals surface area contributed by atoms with Crippen LogP contribution in [0.3, 0.4) is 0 Å². The Morgan fingerprint density at radius 3 is 3.11 bits per heavy atom. The van der Waals surface area contributed by atoms with Crippen molar-refractivity contribution in [3.8, 4) is 0 Å². The van der Waals surface area contributed by atoms with Gasteiger partial charge in [0, 0.05) is 6.54 Å². The highest BCUT2D eigenvalue weighted by Gasteiger charge is 2.31. The summed E-state index contributed by atoms with van der Waals surface area (Å²) in [5.41, 5.74) is 2.01. The van der Waals surface area contributed by atoms with Crippen LogP contribution >= 0.6 is 0 Å². The number of carbonyl (C=O) groups excluding carboxylic acids is 1. The minimum Gasteiger partial charge on any atom is -0.453 e. The summed E-state index contributed by atoms with van der Waals surface area (Å²) in [4.78, 5) is 17.9. The lowest BCUT2D eigenvalue weighted by Gasteiger charge is -2.24. The molecule has 1 amide bonds. The largest absolute Gasteiger partial charge is 0.453 e. The second-order valence-corrected chi connectivity index (χ2v) is 4.43. The van der Waals surface area contributed by atoms with Crippen molar-refractivity contribution in [3.63, 3.8) is 0 Å². The summed E-state index contributed by atoms with van der Waals surface area (Å²) in [7, 11) is 1.42. The average molecular weight is 245 g/mol. The number of fused-ring (bicyclic) bond motifs is 1. The van der Waals surface area contributed by atoms with Gasteiger partial charge in [-0.05, 0) is 25.0 Å². The maximum absolute atomic E-state index is 11.7. The van der Waals surface area contributed by atoms with Gasteiger partial charge in [0.25, 0.3) is 0 Å². The zero-order valence-corrected chi connectivity index (χ0v) is 10.2. The van der Waals surface area contributed by atoms with Crippen LogP contribution in [0.2, 0.25) is 0 Å². The number of aromatic nitrogens is 2. The molecule has 5 heteroatoms. The third-order valence-electron chi connectivity index (χ3n) is 3.43. The second kappa shape index (κ2) is 4.33. The van der Waals surface area contributed by atoms with Gasteiger partial charge in [0.15, 0.2) is 0 Å². The maximum Gasteiger partial charge on any atom is 0.411 e. The fourth-order valence-electron chi connectivity index (χ4n) is 2.58. The predicted octanol–water partition coefficient (Wildman–Crippen LogP) is 2.40. The van der Waals surface area contributed by atoms with Gasteiger partial charge in [-0.25, -0.2) is 9.78 Å². The second-order valence-electron chi connectivity index (χ2n) is 4.43. The molecule has 1 atom stereocenters. The normalized spacial score (nSPS) is 19.4. The molecule has 0 unspecified atom stereocenters. The number of para-hydroxylation sites is 2. The third kappa shape index (κ3) is 1.63. The first-order valence-electron chi connectivity index (χ1n) is 6.07. The van der Waals surface area contributed by atoms with Gasteiger partial charge in [-0.1, -0.05) is 12.1 Å². The third-order valence-corrected chi connectivity index (χ3v) is 3.43. The Bertz CT molecular complexity index is 578. The summed E-state index contributed by atoms with van der Waals surface area (Å²) in [5.74, 6) is 0. The van der Waals surface area contributed by atoms with E-state index in [0.717, 1.165) is 30.4 Å². The monoisotopic (exact) mass is 245 g/mol. The van der Waals surface area contributed by atoms with Gasteiger partial charge in [0.2, 0.25) is 0 Å². The highest BCUT2D eigenvalue weighted by atomic mass is 16.5. The first kappa shape index (κ1) is 11.1. The van der Waals surface area contributed by atoms with Gasteiger partial charge in [-0.3, -0.25) is 4.90 Å².